The van der Waals surface area contributed by atoms with E-state index in [9.17, 15) is 0 Å². The van der Waals surface area contributed by atoms with Crippen molar-refractivity contribution in [3.63, 3.8) is 0 Å². The summed E-state index contributed by atoms with van der Waals surface area (Å²) in [6.45, 7) is 0.972. The molecule has 0 atom stereocenters. The average molecular weight is 297 g/mol. The zero-order valence-electron chi connectivity index (χ0n) is 7.52. The van der Waals surface area contributed by atoms with E-state index in [0.717, 1.165) is 6.92 Å². The third-order valence-corrected chi connectivity index (χ3v) is 0. The van der Waals surface area contributed by atoms with Gasteiger partial charge in [0.2, 0.25) is 0 Å². The van der Waals surface area contributed by atoms with E-state index < -0.39 is 13.8 Å². The van der Waals surface area contributed by atoms with Crippen LogP contribution in [0.15, 0.2) is 0 Å². The van der Waals surface area contributed by atoms with Crippen molar-refractivity contribution >= 4 is 127 Å². The average Bonchev–Trinajstić information content (AvgIpc) is 1.19. The first-order chi connectivity index (χ1) is 3.73. The summed E-state index contributed by atoms with van der Waals surface area (Å²) in [6, 6.07) is 0. The van der Waals surface area contributed by atoms with Crippen molar-refractivity contribution in [2.75, 3.05) is 0 Å². The Morgan fingerprint density at radius 2 is 1.08 bits per heavy atom. The van der Waals surface area contributed by atoms with Crippen LogP contribution in [-0.2, 0) is 9.36 Å². The second-order valence-corrected chi connectivity index (χ2v) is 1.83. The second-order valence-electron chi connectivity index (χ2n) is 0.939. The Morgan fingerprint density at radius 1 is 1.08 bits per heavy atom. The Hall–Kier alpha value is 4.36. The molecule has 0 N–H and O–H groups in total. The molecule has 6 nitrogen and oxygen atoms in total. The SMILES string of the molecule is CC(=O)[O-].O=P([O-])([O-])[O-].[Ca+2].[Ca+2].[Ca+2].[Na+]. The zero-order chi connectivity index (χ0) is 8.08. The molecule has 13 heavy (non-hydrogen) atoms. The Bertz CT molecular complexity index is 126. The number of carbonyl (C=O) groups is 1. The monoisotopic (exact) mass is 297 g/mol. The summed E-state index contributed by atoms with van der Waals surface area (Å²) in [5.74, 6) is -1.08. The maximum Gasteiger partial charge on any atom is 2.00 e. The molecule has 0 rings (SSSR count). The molecule has 0 radical (unpaired) electrons. The van der Waals surface area contributed by atoms with Crippen LogP contribution >= 0.6 is 7.82 Å². The van der Waals surface area contributed by atoms with Crippen LogP contribution in [0.4, 0.5) is 0 Å². The molecular weight excluding hydrogens is 294 g/mol. The van der Waals surface area contributed by atoms with Crippen molar-refractivity contribution < 1.29 is 58.7 Å². The number of carboxylic acid groups (broad SMARTS) is 1. The standard InChI is InChI=1S/C2H4O2.3Ca.Na.H3O4P/c1-2(3)4;;;;;1-5(2,3)4/h1H3,(H,3,4);;;;;(H3,1,2,3,4)/q;3*+2;+1;/p-4. The molecule has 0 saturated carbocycles. The summed E-state index contributed by atoms with van der Waals surface area (Å²) in [4.78, 5) is 34.5. The predicted octanol–water partition coefficient (Wildman–Crippen LogP) is -8.21. The Kier molecular flexibility index (Phi) is 59.9. The fraction of sp³-hybridized carbons (Fsp3) is 0.500. The van der Waals surface area contributed by atoms with Gasteiger partial charge >= 0.3 is 143 Å². The fourth-order valence-electron chi connectivity index (χ4n) is 0. The van der Waals surface area contributed by atoms with E-state index >= 15 is 0 Å². The van der Waals surface area contributed by atoms with E-state index in [2.05, 4.69) is 0 Å². The van der Waals surface area contributed by atoms with E-state index in [-0.39, 0.29) is 143 Å². The van der Waals surface area contributed by atoms with Gasteiger partial charge in [0.25, 0.3) is 0 Å². The molecule has 0 heterocycles. The second kappa shape index (κ2) is 21.6. The minimum Gasteiger partial charge on any atom is -0.822 e. The molecule has 0 unspecified atom stereocenters. The summed E-state index contributed by atoms with van der Waals surface area (Å²) in [6.07, 6.45) is 0. The minimum atomic E-state index is -5.39. The summed E-state index contributed by atoms with van der Waals surface area (Å²) in [5, 5.41) is 8.89. The first kappa shape index (κ1) is 36.0. The van der Waals surface area contributed by atoms with Gasteiger partial charge in [-0.15, -0.1) is 0 Å². The van der Waals surface area contributed by atoms with Gasteiger partial charge in [0.15, 0.2) is 0 Å². The molecule has 0 aromatic carbocycles. The zero-order valence-corrected chi connectivity index (χ0v) is 17.0. The molecule has 0 bridgehead atoms. The molecule has 0 spiro atoms. The summed E-state index contributed by atoms with van der Waals surface area (Å²) >= 11 is 0. The van der Waals surface area contributed by atoms with Gasteiger partial charge in [-0.2, -0.15) is 7.82 Å². The van der Waals surface area contributed by atoms with E-state index in [1.54, 1.807) is 0 Å². The van der Waals surface area contributed by atoms with Crippen LogP contribution in [0.1, 0.15) is 6.92 Å². The van der Waals surface area contributed by atoms with Gasteiger partial charge in [0.05, 0.1) is 0 Å². The van der Waals surface area contributed by atoms with Gasteiger partial charge in [-0.25, -0.2) is 0 Å². The number of hydrogen-bond donors (Lipinski definition) is 0. The quantitative estimate of drug-likeness (QED) is 0.323. The molecule has 0 aromatic heterocycles. The van der Waals surface area contributed by atoms with Gasteiger partial charge in [-0.05, 0) is 6.92 Å². The van der Waals surface area contributed by atoms with E-state index in [1.807, 2.05) is 0 Å². The largest absolute Gasteiger partial charge is 2.00 e. The van der Waals surface area contributed by atoms with E-state index in [4.69, 9.17) is 29.1 Å². The van der Waals surface area contributed by atoms with E-state index in [1.165, 1.54) is 0 Å². The normalized spacial score (nSPS) is 6.46. The molecule has 0 aromatic rings. The third kappa shape index (κ3) is 178. The van der Waals surface area contributed by atoms with Crippen molar-refractivity contribution in [2.45, 2.75) is 6.92 Å². The fourth-order valence-corrected chi connectivity index (χ4v) is 0. The Balaban J connectivity index is -0.0000000146. The van der Waals surface area contributed by atoms with Crippen LogP contribution in [0, 0.1) is 0 Å². The smallest absolute Gasteiger partial charge is 0.822 e. The number of phosphoric acid groups is 1. The number of aliphatic carboxylic acids is 1. The Morgan fingerprint density at radius 3 is 1.08 bits per heavy atom. The summed E-state index contributed by atoms with van der Waals surface area (Å²) in [5.41, 5.74) is 0. The molecule has 56 valence electrons. The van der Waals surface area contributed by atoms with Gasteiger partial charge < -0.3 is 29.1 Å². The number of hydrogen-bond acceptors (Lipinski definition) is 6. The van der Waals surface area contributed by atoms with Gasteiger partial charge in [-0.3, -0.25) is 0 Å². The summed E-state index contributed by atoms with van der Waals surface area (Å²) in [7, 11) is -5.39. The Labute approximate surface area is 188 Å². The van der Waals surface area contributed by atoms with Crippen LogP contribution in [0.25, 0.3) is 0 Å². The predicted molar refractivity (Wildman–Crippen MR) is 35.5 cm³/mol. The minimum absolute atomic E-state index is 0. The van der Waals surface area contributed by atoms with Crippen molar-refractivity contribution in [3.05, 3.63) is 0 Å². The van der Waals surface area contributed by atoms with Crippen LogP contribution in [-0.4, -0.2) is 119 Å². The third-order valence-electron chi connectivity index (χ3n) is 0. The molecule has 0 aliphatic carbocycles. The van der Waals surface area contributed by atoms with Gasteiger partial charge in [0, 0.05) is 5.97 Å². The molecule has 0 amide bonds. The van der Waals surface area contributed by atoms with Crippen molar-refractivity contribution in [1.82, 2.24) is 0 Å². The molecule has 0 aliphatic rings. The molecule has 0 aliphatic heterocycles. The van der Waals surface area contributed by atoms with Crippen LogP contribution < -0.4 is 49.3 Å². The van der Waals surface area contributed by atoms with Crippen molar-refractivity contribution in [3.8, 4) is 0 Å². The van der Waals surface area contributed by atoms with Crippen molar-refractivity contribution in [2.24, 2.45) is 0 Å². The van der Waals surface area contributed by atoms with Gasteiger partial charge in [-0.1, -0.05) is 0 Å². The van der Waals surface area contributed by atoms with Crippen LogP contribution in [0.5, 0.6) is 0 Å². The maximum atomic E-state index is 8.89. The molecular formula is C2H3Ca3NaO6P+3. The maximum absolute atomic E-state index is 8.89. The summed E-state index contributed by atoms with van der Waals surface area (Å²) < 4.78 is 8.55. The molecule has 11 heteroatoms. The van der Waals surface area contributed by atoms with Crippen molar-refractivity contribution in [1.29, 1.82) is 0 Å². The van der Waals surface area contributed by atoms with Crippen LogP contribution in [0.2, 0.25) is 0 Å². The first-order valence-corrected chi connectivity index (χ1v) is 3.10. The van der Waals surface area contributed by atoms with Crippen LogP contribution in [0.3, 0.4) is 0 Å². The van der Waals surface area contributed by atoms with E-state index in [0.29, 0.717) is 0 Å². The molecule has 0 saturated heterocycles. The van der Waals surface area contributed by atoms with Gasteiger partial charge in [0.1, 0.15) is 0 Å². The number of rotatable bonds is 0. The molecule has 0 fully saturated rings. The number of carbonyl (C=O) groups excluding carboxylic acids is 1. The first-order valence-electron chi connectivity index (χ1n) is 1.64. The number of carboxylic acids is 1. The topological polar surface area (TPSA) is 126 Å².